The SMILES string of the molecule is [2H]CC(CC)CCS. The monoisotopic (exact) mass is 119 g/mol. The first kappa shape index (κ1) is 5.49. The molecule has 0 bridgehead atoms. The van der Waals surface area contributed by atoms with Crippen molar-refractivity contribution in [3.8, 4) is 0 Å². The van der Waals surface area contributed by atoms with Crippen LogP contribution in [0.3, 0.4) is 0 Å². The minimum Gasteiger partial charge on any atom is -0.179 e. The number of hydrogen-bond acceptors (Lipinski definition) is 1. The predicted octanol–water partition coefficient (Wildman–Crippen LogP) is 2.35. The second-order valence-electron chi connectivity index (χ2n) is 1.79. The van der Waals surface area contributed by atoms with Gasteiger partial charge >= 0.3 is 0 Å². The molecule has 0 radical (unpaired) electrons. The van der Waals surface area contributed by atoms with E-state index in [1.54, 1.807) is 0 Å². The maximum Gasteiger partial charge on any atom is 0.0233 e. The van der Waals surface area contributed by atoms with E-state index < -0.39 is 0 Å². The first-order valence-corrected chi connectivity index (χ1v) is 3.38. The van der Waals surface area contributed by atoms with Gasteiger partial charge in [-0.15, -0.1) is 0 Å². The number of hydrogen-bond donors (Lipinski definition) is 1. The molecule has 0 N–H and O–H groups in total. The van der Waals surface area contributed by atoms with Gasteiger partial charge in [-0.25, -0.2) is 0 Å². The van der Waals surface area contributed by atoms with Crippen LogP contribution in [0.1, 0.15) is 28.0 Å². The third-order valence-electron chi connectivity index (χ3n) is 1.11. The molecule has 0 aliphatic carbocycles. The van der Waals surface area contributed by atoms with E-state index in [0.29, 0.717) is 12.8 Å². The largest absolute Gasteiger partial charge is 0.179 e. The van der Waals surface area contributed by atoms with Gasteiger partial charge in [0.15, 0.2) is 0 Å². The molecule has 0 aromatic heterocycles. The van der Waals surface area contributed by atoms with Crippen LogP contribution in [0.2, 0.25) is 0 Å². The third-order valence-corrected chi connectivity index (χ3v) is 1.37. The minimum absolute atomic E-state index is 0.567. The van der Waals surface area contributed by atoms with Crippen molar-refractivity contribution in [2.45, 2.75) is 26.7 Å². The minimum atomic E-state index is 0.567. The Morgan fingerprint density at radius 3 is 2.71 bits per heavy atom. The van der Waals surface area contributed by atoms with Crippen molar-refractivity contribution in [3.63, 3.8) is 0 Å². The van der Waals surface area contributed by atoms with E-state index in [-0.39, 0.29) is 0 Å². The van der Waals surface area contributed by atoms with E-state index in [2.05, 4.69) is 19.6 Å². The molecule has 0 spiro atoms. The number of thiol groups is 1. The first-order valence-electron chi connectivity index (χ1n) is 3.46. The summed E-state index contributed by atoms with van der Waals surface area (Å²) in [5, 5.41) is 0. The Bertz CT molecular complexity index is 43.8. The highest BCUT2D eigenvalue weighted by molar-refractivity contribution is 7.80. The molecule has 0 amide bonds. The molecule has 0 aromatic rings. The van der Waals surface area contributed by atoms with E-state index in [0.717, 1.165) is 18.6 Å². The Morgan fingerprint density at radius 2 is 2.57 bits per heavy atom. The van der Waals surface area contributed by atoms with Crippen LogP contribution in [0.25, 0.3) is 0 Å². The summed E-state index contributed by atoms with van der Waals surface area (Å²) in [7, 11) is 0. The van der Waals surface area contributed by atoms with Gasteiger partial charge in [0.05, 0.1) is 0 Å². The summed E-state index contributed by atoms with van der Waals surface area (Å²) in [5.41, 5.74) is 0. The highest BCUT2D eigenvalue weighted by Crippen LogP contribution is 2.05. The maximum atomic E-state index is 7.03. The Balaban J connectivity index is 3.07. The van der Waals surface area contributed by atoms with Crippen LogP contribution in [0.15, 0.2) is 0 Å². The molecular weight excluding hydrogens is 104 g/mol. The molecule has 0 rings (SSSR count). The topological polar surface area (TPSA) is 0 Å². The van der Waals surface area contributed by atoms with Gasteiger partial charge in [0, 0.05) is 1.37 Å². The molecule has 0 nitrogen and oxygen atoms in total. The fourth-order valence-electron chi connectivity index (χ4n) is 0.387. The molecule has 1 atom stereocenters. The molecule has 0 heterocycles. The summed E-state index contributed by atoms with van der Waals surface area (Å²) in [6.45, 7) is 2.69. The molecule has 1 heteroatoms. The smallest absolute Gasteiger partial charge is 0.0233 e. The van der Waals surface area contributed by atoms with E-state index in [9.17, 15) is 0 Å². The maximum absolute atomic E-state index is 7.03. The van der Waals surface area contributed by atoms with Gasteiger partial charge in [0.25, 0.3) is 0 Å². The summed E-state index contributed by atoms with van der Waals surface area (Å²) >= 11 is 4.08. The van der Waals surface area contributed by atoms with Crippen molar-refractivity contribution >= 4 is 12.6 Å². The molecule has 7 heavy (non-hydrogen) atoms. The van der Waals surface area contributed by atoms with Gasteiger partial charge in [-0.05, 0) is 18.1 Å². The Hall–Kier alpha value is 0.350. The molecule has 1 unspecified atom stereocenters. The van der Waals surface area contributed by atoms with Crippen LogP contribution in [0, 0.1) is 5.92 Å². The fourth-order valence-corrected chi connectivity index (χ4v) is 0.752. The first-order chi connectivity index (χ1) is 3.85. The van der Waals surface area contributed by atoms with Gasteiger partial charge in [-0.3, -0.25) is 0 Å². The zero-order chi connectivity index (χ0) is 6.41. The van der Waals surface area contributed by atoms with Gasteiger partial charge in [0.1, 0.15) is 0 Å². The van der Waals surface area contributed by atoms with Crippen molar-refractivity contribution in [3.05, 3.63) is 0 Å². The lowest BCUT2D eigenvalue weighted by atomic mass is 10.1. The van der Waals surface area contributed by atoms with Gasteiger partial charge in [-0.2, -0.15) is 12.6 Å². The number of rotatable bonds is 3. The lowest BCUT2D eigenvalue weighted by Gasteiger charge is -2.02. The lowest BCUT2D eigenvalue weighted by Crippen LogP contribution is -1.90. The predicted molar refractivity (Wildman–Crippen MR) is 37.9 cm³/mol. The van der Waals surface area contributed by atoms with E-state index in [1.807, 2.05) is 0 Å². The standard InChI is InChI=1S/C6H14S/c1-3-6(2)4-5-7/h6-7H,3-5H2,1-2H3/i2D. The summed E-state index contributed by atoms with van der Waals surface area (Å²) in [4.78, 5) is 0. The van der Waals surface area contributed by atoms with Crippen molar-refractivity contribution in [2.24, 2.45) is 5.92 Å². The van der Waals surface area contributed by atoms with Crippen molar-refractivity contribution in [1.29, 1.82) is 0 Å². The van der Waals surface area contributed by atoms with Crippen LogP contribution < -0.4 is 0 Å². The summed E-state index contributed by atoms with van der Waals surface area (Å²) in [6, 6.07) is 0. The van der Waals surface area contributed by atoms with E-state index in [4.69, 9.17) is 1.37 Å². The molecule has 0 aliphatic heterocycles. The van der Waals surface area contributed by atoms with Gasteiger partial charge in [-0.1, -0.05) is 20.2 Å². The van der Waals surface area contributed by atoms with Crippen LogP contribution in [-0.4, -0.2) is 5.75 Å². The van der Waals surface area contributed by atoms with Gasteiger partial charge in [0.2, 0.25) is 0 Å². The van der Waals surface area contributed by atoms with Crippen molar-refractivity contribution in [2.75, 3.05) is 5.75 Å². The van der Waals surface area contributed by atoms with Crippen molar-refractivity contribution in [1.82, 2.24) is 0 Å². The summed E-state index contributed by atoms with van der Waals surface area (Å²) in [6.07, 6.45) is 2.23. The summed E-state index contributed by atoms with van der Waals surface area (Å²) in [5.74, 6) is 1.52. The Kier molecular flexibility index (Phi) is 3.53. The molecule has 0 saturated heterocycles. The molecule has 0 aliphatic rings. The third kappa shape index (κ3) is 4.20. The van der Waals surface area contributed by atoms with Crippen molar-refractivity contribution < 1.29 is 1.37 Å². The normalized spacial score (nSPS) is 16.0. The Morgan fingerprint density at radius 1 is 1.86 bits per heavy atom. The average Bonchev–Trinajstić information content (AvgIpc) is 1.83. The zero-order valence-corrected chi connectivity index (χ0v) is 5.75. The molecule has 0 aromatic carbocycles. The van der Waals surface area contributed by atoms with E-state index >= 15 is 0 Å². The van der Waals surface area contributed by atoms with Crippen LogP contribution in [0.5, 0.6) is 0 Å². The van der Waals surface area contributed by atoms with Crippen LogP contribution in [-0.2, 0) is 0 Å². The summed E-state index contributed by atoms with van der Waals surface area (Å²) < 4.78 is 7.03. The zero-order valence-electron chi connectivity index (χ0n) is 5.85. The van der Waals surface area contributed by atoms with E-state index in [1.165, 1.54) is 0 Å². The van der Waals surface area contributed by atoms with Crippen LogP contribution >= 0.6 is 12.6 Å². The second kappa shape index (κ2) is 4.51. The average molecular weight is 119 g/mol. The second-order valence-corrected chi connectivity index (χ2v) is 2.23. The highest BCUT2D eigenvalue weighted by atomic mass is 32.1. The highest BCUT2D eigenvalue weighted by Gasteiger charge is 1.93. The molecule has 44 valence electrons. The Labute approximate surface area is 53.1 Å². The molecular formula is C6H14S. The lowest BCUT2D eigenvalue weighted by molar-refractivity contribution is 0.549. The fraction of sp³-hybridized carbons (Fsp3) is 1.00. The quantitative estimate of drug-likeness (QED) is 0.542. The molecule has 0 fully saturated rings. The molecule has 0 saturated carbocycles. The van der Waals surface area contributed by atoms with Crippen LogP contribution in [0.4, 0.5) is 0 Å². The van der Waals surface area contributed by atoms with Gasteiger partial charge < -0.3 is 0 Å².